The molecule has 6 heteroatoms. The molecule has 0 fully saturated rings. The summed E-state index contributed by atoms with van der Waals surface area (Å²) in [5.74, 6) is 0.711. The van der Waals surface area contributed by atoms with Crippen LogP contribution in [0, 0.1) is 13.8 Å². The van der Waals surface area contributed by atoms with Crippen LogP contribution in [0.1, 0.15) is 29.3 Å². The molecule has 24 heavy (non-hydrogen) atoms. The van der Waals surface area contributed by atoms with E-state index in [1.807, 2.05) is 51.1 Å². The molecule has 1 aromatic carbocycles. The number of halogens is 1. The van der Waals surface area contributed by atoms with Gasteiger partial charge in [0.05, 0.1) is 5.25 Å². The molecule has 0 spiro atoms. The van der Waals surface area contributed by atoms with Crippen molar-refractivity contribution < 1.29 is 4.79 Å². The second-order valence-electron chi connectivity index (χ2n) is 5.74. The Labute approximate surface area is 154 Å². The van der Waals surface area contributed by atoms with Crippen LogP contribution in [0.3, 0.4) is 0 Å². The highest BCUT2D eigenvalue weighted by Gasteiger charge is 2.14. The van der Waals surface area contributed by atoms with Gasteiger partial charge < -0.3 is 10.3 Å². The molecule has 0 radical (unpaired) electrons. The van der Waals surface area contributed by atoms with Crippen molar-refractivity contribution in [3.8, 4) is 0 Å². The number of aromatic amines is 1. The number of aryl methyl sites for hydroxylation is 2. The van der Waals surface area contributed by atoms with Gasteiger partial charge in [-0.25, -0.2) is 0 Å². The van der Waals surface area contributed by atoms with Gasteiger partial charge in [0.15, 0.2) is 0 Å². The second-order valence-corrected chi connectivity index (χ2v) is 7.99. The third kappa shape index (κ3) is 5.24. The van der Waals surface area contributed by atoms with Gasteiger partial charge in [-0.1, -0.05) is 28.1 Å². The lowest BCUT2D eigenvalue weighted by Gasteiger charge is -2.13. The molecule has 2 N–H and O–H groups in total. The number of carbonyl (C=O) groups is 1. The molecule has 0 unspecified atom stereocenters. The number of amides is 1. The highest BCUT2D eigenvalue weighted by Crippen LogP contribution is 2.19. The Morgan fingerprint density at radius 3 is 2.58 bits per heavy atom. The van der Waals surface area contributed by atoms with Gasteiger partial charge in [-0.2, -0.15) is 0 Å². The topological polar surface area (TPSA) is 62.0 Å². The van der Waals surface area contributed by atoms with Crippen molar-refractivity contribution in [2.75, 3.05) is 0 Å². The number of hydrogen-bond acceptors (Lipinski definition) is 3. The lowest BCUT2D eigenvalue weighted by atomic mass is 10.1. The molecule has 1 heterocycles. The summed E-state index contributed by atoms with van der Waals surface area (Å²) >= 11 is 4.98. The highest BCUT2D eigenvalue weighted by molar-refractivity contribution is 9.10. The van der Waals surface area contributed by atoms with Gasteiger partial charge >= 0.3 is 0 Å². The zero-order chi connectivity index (χ0) is 17.7. The van der Waals surface area contributed by atoms with Gasteiger partial charge in [0.1, 0.15) is 0 Å². The average molecular weight is 409 g/mol. The Morgan fingerprint density at radius 1 is 1.29 bits per heavy atom. The quantitative estimate of drug-likeness (QED) is 0.765. The van der Waals surface area contributed by atoms with Crippen molar-refractivity contribution in [1.82, 2.24) is 10.3 Å². The fraction of sp³-hybridized carbons (Fsp3) is 0.333. The van der Waals surface area contributed by atoms with Crippen LogP contribution in [-0.2, 0) is 17.1 Å². The van der Waals surface area contributed by atoms with E-state index in [9.17, 15) is 9.59 Å². The van der Waals surface area contributed by atoms with Crippen molar-refractivity contribution in [3.05, 3.63) is 67.5 Å². The molecule has 1 amide bonds. The van der Waals surface area contributed by atoms with Gasteiger partial charge in [0.25, 0.3) is 5.56 Å². The standard InChI is InChI=1S/C18H21BrN2O2S/c1-11-8-12(2)21-18(23)16(11)9-20-17(22)13(3)24-10-14-4-6-15(19)7-5-14/h4-8,13H,9-10H2,1-3H3,(H,20,22)(H,21,23)/t13-/m0/s1. The maximum Gasteiger partial charge on any atom is 0.253 e. The van der Waals surface area contributed by atoms with Gasteiger partial charge in [0.2, 0.25) is 5.91 Å². The highest BCUT2D eigenvalue weighted by atomic mass is 79.9. The first-order chi connectivity index (χ1) is 11.4. The number of nitrogens with one attached hydrogen (secondary N) is 2. The molecule has 4 nitrogen and oxygen atoms in total. The van der Waals surface area contributed by atoms with E-state index < -0.39 is 0 Å². The van der Waals surface area contributed by atoms with Crippen LogP contribution in [0.15, 0.2) is 39.6 Å². The first-order valence-electron chi connectivity index (χ1n) is 7.70. The molecule has 1 atom stereocenters. The lowest BCUT2D eigenvalue weighted by molar-refractivity contribution is -0.120. The fourth-order valence-corrected chi connectivity index (χ4v) is 3.43. The van der Waals surface area contributed by atoms with E-state index in [0.29, 0.717) is 5.56 Å². The van der Waals surface area contributed by atoms with Crippen LogP contribution in [0.2, 0.25) is 0 Å². The number of pyridine rings is 1. The van der Waals surface area contributed by atoms with Crippen LogP contribution >= 0.6 is 27.7 Å². The van der Waals surface area contributed by atoms with E-state index in [0.717, 1.165) is 21.5 Å². The number of thioether (sulfide) groups is 1. The first kappa shape index (κ1) is 18.8. The van der Waals surface area contributed by atoms with Crippen molar-refractivity contribution in [1.29, 1.82) is 0 Å². The molecular formula is C18H21BrN2O2S. The second kappa shape index (κ2) is 8.53. The van der Waals surface area contributed by atoms with E-state index in [1.54, 1.807) is 11.8 Å². The molecule has 0 aliphatic carbocycles. The van der Waals surface area contributed by atoms with Crippen LogP contribution in [0.4, 0.5) is 0 Å². The fourth-order valence-electron chi connectivity index (χ4n) is 2.30. The maximum atomic E-state index is 12.2. The number of rotatable bonds is 6. The Bertz CT molecular complexity index is 772. The van der Waals surface area contributed by atoms with Crippen LogP contribution in [0.5, 0.6) is 0 Å². The van der Waals surface area contributed by atoms with E-state index in [2.05, 4.69) is 26.2 Å². The molecule has 128 valence electrons. The third-order valence-electron chi connectivity index (χ3n) is 3.72. The monoisotopic (exact) mass is 408 g/mol. The Balaban J connectivity index is 1.88. The Hall–Kier alpha value is -1.53. The molecule has 0 bridgehead atoms. The summed E-state index contributed by atoms with van der Waals surface area (Å²) in [5, 5.41) is 2.68. The molecule has 0 aliphatic rings. The number of hydrogen-bond donors (Lipinski definition) is 2. The maximum absolute atomic E-state index is 12.2. The molecule has 2 aromatic rings. The molecule has 2 rings (SSSR count). The summed E-state index contributed by atoms with van der Waals surface area (Å²) in [6.45, 7) is 5.86. The van der Waals surface area contributed by atoms with Crippen molar-refractivity contribution >= 4 is 33.6 Å². The third-order valence-corrected chi connectivity index (χ3v) is 5.46. The van der Waals surface area contributed by atoms with Gasteiger partial charge in [-0.3, -0.25) is 9.59 Å². The zero-order valence-corrected chi connectivity index (χ0v) is 16.4. The largest absolute Gasteiger partial charge is 0.351 e. The number of carbonyl (C=O) groups excluding carboxylic acids is 1. The average Bonchev–Trinajstić information content (AvgIpc) is 2.52. The predicted molar refractivity (Wildman–Crippen MR) is 103 cm³/mol. The minimum atomic E-state index is -0.182. The van der Waals surface area contributed by atoms with Crippen molar-refractivity contribution in [2.45, 2.75) is 38.3 Å². The van der Waals surface area contributed by atoms with Gasteiger partial charge in [-0.15, -0.1) is 11.8 Å². The molecule has 0 saturated carbocycles. The Morgan fingerprint density at radius 2 is 1.96 bits per heavy atom. The van der Waals surface area contributed by atoms with Crippen LogP contribution in [0.25, 0.3) is 0 Å². The summed E-state index contributed by atoms with van der Waals surface area (Å²) in [4.78, 5) is 27.0. The molecule has 1 aromatic heterocycles. The summed E-state index contributed by atoms with van der Waals surface area (Å²) < 4.78 is 1.04. The van der Waals surface area contributed by atoms with E-state index in [1.165, 1.54) is 5.56 Å². The number of benzene rings is 1. The van der Waals surface area contributed by atoms with Gasteiger partial charge in [0, 0.05) is 28.0 Å². The molecular weight excluding hydrogens is 388 g/mol. The SMILES string of the molecule is Cc1cc(C)c(CNC(=O)[C@H](C)SCc2ccc(Br)cc2)c(=O)[nH]1. The molecule has 0 aliphatic heterocycles. The van der Waals surface area contributed by atoms with Crippen molar-refractivity contribution in [2.24, 2.45) is 0 Å². The number of H-pyrrole nitrogens is 1. The molecule has 0 saturated heterocycles. The minimum Gasteiger partial charge on any atom is -0.351 e. The minimum absolute atomic E-state index is 0.0588. The van der Waals surface area contributed by atoms with E-state index >= 15 is 0 Å². The summed E-state index contributed by atoms with van der Waals surface area (Å²) in [6, 6.07) is 9.97. The van der Waals surface area contributed by atoms with Gasteiger partial charge in [-0.05, 0) is 50.1 Å². The summed E-state index contributed by atoms with van der Waals surface area (Å²) in [7, 11) is 0. The van der Waals surface area contributed by atoms with E-state index in [-0.39, 0.29) is 23.3 Å². The van der Waals surface area contributed by atoms with E-state index in [4.69, 9.17) is 0 Å². The lowest BCUT2D eigenvalue weighted by Crippen LogP contribution is -2.33. The summed E-state index contributed by atoms with van der Waals surface area (Å²) in [6.07, 6.45) is 0. The first-order valence-corrected chi connectivity index (χ1v) is 9.54. The summed E-state index contributed by atoms with van der Waals surface area (Å²) in [5.41, 5.74) is 3.37. The number of aromatic nitrogens is 1. The van der Waals surface area contributed by atoms with Crippen LogP contribution < -0.4 is 10.9 Å². The Kier molecular flexibility index (Phi) is 6.69. The smallest absolute Gasteiger partial charge is 0.253 e. The predicted octanol–water partition coefficient (Wildman–Crippen LogP) is 3.69. The van der Waals surface area contributed by atoms with Crippen molar-refractivity contribution in [3.63, 3.8) is 0 Å². The zero-order valence-electron chi connectivity index (χ0n) is 14.0. The van der Waals surface area contributed by atoms with Crippen LogP contribution in [-0.4, -0.2) is 16.1 Å². The normalized spacial score (nSPS) is 12.0.